The standard InChI is InChI=1S/C57H55NO/c1-53(2)26-27-54(3,4)52-40(13-11-16-45(52)53)35-18-20-37(21-19-35)58(38-22-24-42-41-12-7-8-14-43(41)55(5,6)46(42)31-38)39-23-25-49-47(32-39)57(44-15-9-10-17-48(44)59-49)50-29-34-28-36-30-51(57)56(36,50)33-34/h7-25,31-32,34,36,50-51H,26-30,33H2,1-6H3. The molecule has 59 heavy (non-hydrogen) atoms. The highest BCUT2D eigenvalue weighted by molar-refractivity contribution is 5.87. The molecule has 0 amide bonds. The van der Waals surface area contributed by atoms with Gasteiger partial charge in [0.25, 0.3) is 0 Å². The average Bonchev–Trinajstić information content (AvgIpc) is 3.85. The van der Waals surface area contributed by atoms with Gasteiger partial charge in [-0.25, -0.2) is 0 Å². The van der Waals surface area contributed by atoms with Crippen LogP contribution in [0.25, 0.3) is 22.3 Å². The summed E-state index contributed by atoms with van der Waals surface area (Å²) in [7, 11) is 0. The molecule has 4 saturated carbocycles. The van der Waals surface area contributed by atoms with E-state index >= 15 is 0 Å². The van der Waals surface area contributed by atoms with Crippen LogP contribution in [0.3, 0.4) is 0 Å². The van der Waals surface area contributed by atoms with Gasteiger partial charge in [0.05, 0.1) is 0 Å². The van der Waals surface area contributed by atoms with Gasteiger partial charge in [-0.2, -0.15) is 0 Å². The van der Waals surface area contributed by atoms with Crippen molar-refractivity contribution in [1.29, 1.82) is 0 Å². The fraction of sp³-hybridized carbons (Fsp3) is 0.368. The molecule has 13 rings (SSSR count). The van der Waals surface area contributed by atoms with E-state index in [2.05, 4.69) is 174 Å². The lowest BCUT2D eigenvalue weighted by Crippen LogP contribution is -2.74. The Bertz CT molecular complexity index is 2790. The van der Waals surface area contributed by atoms with Crippen molar-refractivity contribution < 1.29 is 4.74 Å². The minimum absolute atomic E-state index is 0.0237. The lowest BCUT2D eigenvalue weighted by molar-refractivity contribution is -0.235. The number of anilines is 3. The molecular weight excluding hydrogens is 715 g/mol. The van der Waals surface area contributed by atoms with E-state index in [-0.39, 0.29) is 21.7 Å². The maximum Gasteiger partial charge on any atom is 0.131 e. The van der Waals surface area contributed by atoms with Crippen LogP contribution in [-0.2, 0) is 21.7 Å². The number of hydrogen-bond donors (Lipinski definition) is 0. The van der Waals surface area contributed by atoms with Crippen molar-refractivity contribution >= 4 is 17.1 Å². The van der Waals surface area contributed by atoms with Gasteiger partial charge in [0.15, 0.2) is 0 Å². The third-order valence-corrected chi connectivity index (χ3v) is 17.8. The Morgan fingerprint density at radius 1 is 0.508 bits per heavy atom. The lowest BCUT2D eigenvalue weighted by Gasteiger charge is -2.77. The van der Waals surface area contributed by atoms with Gasteiger partial charge >= 0.3 is 0 Å². The summed E-state index contributed by atoms with van der Waals surface area (Å²) < 4.78 is 6.89. The summed E-state index contributed by atoms with van der Waals surface area (Å²) >= 11 is 0. The van der Waals surface area contributed by atoms with Crippen LogP contribution in [0, 0.1) is 29.1 Å². The molecule has 6 aromatic rings. The van der Waals surface area contributed by atoms with E-state index in [0.717, 1.165) is 23.3 Å². The fourth-order valence-electron chi connectivity index (χ4n) is 15.2. The van der Waals surface area contributed by atoms with E-state index in [4.69, 9.17) is 4.74 Å². The Balaban J connectivity index is 0.985. The maximum absolute atomic E-state index is 6.89. The van der Waals surface area contributed by atoms with Gasteiger partial charge in [-0.15, -0.1) is 0 Å². The topological polar surface area (TPSA) is 12.5 Å². The van der Waals surface area contributed by atoms with Crippen molar-refractivity contribution in [3.05, 3.63) is 161 Å². The molecule has 7 aliphatic rings. The van der Waals surface area contributed by atoms with Crippen LogP contribution in [0.5, 0.6) is 11.5 Å². The third-order valence-electron chi connectivity index (χ3n) is 17.8. The molecule has 6 aliphatic carbocycles. The monoisotopic (exact) mass is 769 g/mol. The zero-order valence-corrected chi connectivity index (χ0v) is 35.5. The summed E-state index contributed by atoms with van der Waals surface area (Å²) in [5, 5.41) is 0. The number of para-hydroxylation sites is 1. The van der Waals surface area contributed by atoms with E-state index in [1.807, 2.05) is 0 Å². The molecule has 0 N–H and O–H groups in total. The van der Waals surface area contributed by atoms with Crippen molar-refractivity contribution in [3.8, 4) is 33.8 Å². The first-order valence-corrected chi connectivity index (χ1v) is 22.6. The van der Waals surface area contributed by atoms with Crippen LogP contribution in [0.4, 0.5) is 17.1 Å². The molecule has 2 bridgehead atoms. The minimum Gasteiger partial charge on any atom is -0.457 e. The summed E-state index contributed by atoms with van der Waals surface area (Å²) in [5.41, 5.74) is 18.5. The molecule has 1 aliphatic heterocycles. The number of rotatable bonds is 4. The number of hydrogen-bond acceptors (Lipinski definition) is 2. The maximum atomic E-state index is 6.89. The molecule has 0 radical (unpaired) electrons. The molecular formula is C57H55NO. The third kappa shape index (κ3) is 4.19. The van der Waals surface area contributed by atoms with Gasteiger partial charge < -0.3 is 9.64 Å². The van der Waals surface area contributed by atoms with E-state index in [9.17, 15) is 0 Å². The van der Waals surface area contributed by atoms with Crippen molar-refractivity contribution in [2.24, 2.45) is 29.1 Å². The number of nitrogens with zero attached hydrogens (tertiary/aromatic N) is 1. The van der Waals surface area contributed by atoms with Crippen molar-refractivity contribution in [1.82, 2.24) is 0 Å². The van der Waals surface area contributed by atoms with Gasteiger partial charge in [-0.3, -0.25) is 0 Å². The Kier molecular flexibility index (Phi) is 6.59. The second-order valence-electron chi connectivity index (χ2n) is 21.6. The van der Waals surface area contributed by atoms with Gasteiger partial charge in [-0.1, -0.05) is 120 Å². The van der Waals surface area contributed by atoms with Crippen LogP contribution < -0.4 is 9.64 Å². The molecule has 6 atom stereocenters. The smallest absolute Gasteiger partial charge is 0.131 e. The number of fused-ring (bicyclic) bond motifs is 11. The summed E-state index contributed by atoms with van der Waals surface area (Å²) in [6, 6.07) is 49.1. The molecule has 1 heterocycles. The Morgan fingerprint density at radius 3 is 1.95 bits per heavy atom. The van der Waals surface area contributed by atoms with Crippen LogP contribution >= 0.6 is 0 Å². The van der Waals surface area contributed by atoms with Gasteiger partial charge in [-0.05, 0) is 171 Å². The van der Waals surface area contributed by atoms with Crippen molar-refractivity contribution in [2.45, 2.75) is 102 Å². The Labute approximate surface area is 350 Å². The second-order valence-corrected chi connectivity index (χ2v) is 21.6. The normalized spacial score (nSPS) is 29.5. The summed E-state index contributed by atoms with van der Waals surface area (Å²) in [5.74, 6) is 5.38. The van der Waals surface area contributed by atoms with Crippen LogP contribution in [-0.4, -0.2) is 0 Å². The molecule has 6 unspecified atom stereocenters. The first-order valence-electron chi connectivity index (χ1n) is 22.6. The molecule has 294 valence electrons. The van der Waals surface area contributed by atoms with E-state index in [0.29, 0.717) is 17.3 Å². The van der Waals surface area contributed by atoms with Crippen LogP contribution in [0.1, 0.15) is 113 Å². The quantitative estimate of drug-likeness (QED) is 0.177. The lowest BCUT2D eigenvalue weighted by atomic mass is 9.26. The number of ether oxygens (including phenoxy) is 1. The van der Waals surface area contributed by atoms with Gasteiger partial charge in [0.1, 0.15) is 11.5 Å². The fourth-order valence-corrected chi connectivity index (χ4v) is 15.2. The highest BCUT2D eigenvalue weighted by atomic mass is 16.5. The van der Waals surface area contributed by atoms with Crippen molar-refractivity contribution in [2.75, 3.05) is 4.90 Å². The molecule has 0 aromatic heterocycles. The van der Waals surface area contributed by atoms with E-state index in [1.165, 1.54) is 111 Å². The largest absolute Gasteiger partial charge is 0.457 e. The predicted molar refractivity (Wildman–Crippen MR) is 242 cm³/mol. The Morgan fingerprint density at radius 2 is 1.14 bits per heavy atom. The predicted octanol–water partition coefficient (Wildman–Crippen LogP) is 14.9. The SMILES string of the molecule is CC1(C)CCC(C)(C)c2c(-c3ccc(N(c4ccc5c(c4)C(C)(C)c4ccccc4-5)c4ccc5c(c4)C4(c6ccccc6O5)C5CC6CC7CC4C75C6)cc3)cccc21. The second kappa shape index (κ2) is 11.2. The number of benzene rings is 6. The average molecular weight is 770 g/mol. The highest BCUT2D eigenvalue weighted by Gasteiger charge is 2.84. The zero-order chi connectivity index (χ0) is 39.8. The molecule has 2 spiro atoms. The molecule has 4 fully saturated rings. The highest BCUT2D eigenvalue weighted by Crippen LogP contribution is 2.89. The van der Waals surface area contributed by atoms with Gasteiger partial charge in [0, 0.05) is 39.0 Å². The molecule has 2 heteroatoms. The van der Waals surface area contributed by atoms with Crippen LogP contribution in [0.2, 0.25) is 0 Å². The minimum atomic E-state index is -0.0926. The summed E-state index contributed by atoms with van der Waals surface area (Å²) in [4.78, 5) is 2.55. The molecule has 6 aromatic carbocycles. The van der Waals surface area contributed by atoms with Crippen molar-refractivity contribution in [3.63, 3.8) is 0 Å². The Hall–Kier alpha value is -5.08. The molecule has 0 saturated heterocycles. The first kappa shape index (κ1) is 34.8. The zero-order valence-electron chi connectivity index (χ0n) is 35.5. The molecule has 2 nitrogen and oxygen atoms in total. The van der Waals surface area contributed by atoms with Crippen LogP contribution in [0.15, 0.2) is 127 Å². The van der Waals surface area contributed by atoms with E-state index < -0.39 is 0 Å². The summed E-state index contributed by atoms with van der Waals surface area (Å²) in [6.07, 6.45) is 8.08. The van der Waals surface area contributed by atoms with E-state index in [1.54, 1.807) is 0 Å². The summed E-state index contributed by atoms with van der Waals surface area (Å²) in [6.45, 7) is 14.5. The van der Waals surface area contributed by atoms with Gasteiger partial charge in [0.2, 0.25) is 0 Å². The first-order chi connectivity index (χ1) is 28.4.